The molecule has 1 aliphatic carbocycles. The topological polar surface area (TPSA) is 93.4 Å². The van der Waals surface area contributed by atoms with E-state index in [0.717, 1.165) is 12.8 Å². The monoisotopic (exact) mass is 257 g/mol. The molecule has 18 heavy (non-hydrogen) atoms. The van der Waals surface area contributed by atoms with Crippen LogP contribution in [0.3, 0.4) is 0 Å². The zero-order valence-electron chi connectivity index (χ0n) is 10.9. The van der Waals surface area contributed by atoms with Gasteiger partial charge in [-0.05, 0) is 19.8 Å². The van der Waals surface area contributed by atoms with Gasteiger partial charge in [0.05, 0.1) is 18.8 Å². The quantitative estimate of drug-likeness (QED) is 0.604. The highest BCUT2D eigenvalue weighted by Crippen LogP contribution is 2.19. The van der Waals surface area contributed by atoms with Crippen molar-refractivity contribution in [3.05, 3.63) is 0 Å². The molecule has 0 aliphatic heterocycles. The molecular weight excluding hydrogens is 234 g/mol. The first-order valence-corrected chi connectivity index (χ1v) is 6.55. The number of urea groups is 1. The molecule has 1 fully saturated rings. The van der Waals surface area contributed by atoms with Crippen molar-refractivity contribution in [2.45, 2.75) is 51.2 Å². The third-order valence-electron chi connectivity index (χ3n) is 3.10. The number of imide groups is 1. The van der Waals surface area contributed by atoms with Gasteiger partial charge in [-0.2, -0.15) is 0 Å². The van der Waals surface area contributed by atoms with Crippen LogP contribution in [0, 0.1) is 0 Å². The summed E-state index contributed by atoms with van der Waals surface area (Å²) in [6.07, 6.45) is 6.44. The van der Waals surface area contributed by atoms with E-state index >= 15 is 0 Å². The lowest BCUT2D eigenvalue weighted by Gasteiger charge is -2.22. The maximum absolute atomic E-state index is 11.3. The van der Waals surface area contributed by atoms with Crippen molar-refractivity contribution in [1.82, 2.24) is 10.6 Å². The Kier molecular flexibility index (Phi) is 6.67. The Labute approximate surface area is 108 Å². The fourth-order valence-corrected chi connectivity index (χ4v) is 2.06. The van der Waals surface area contributed by atoms with Crippen molar-refractivity contribution in [3.63, 3.8) is 0 Å². The Balaban J connectivity index is 2.05. The predicted octanol–water partition coefficient (Wildman–Crippen LogP) is 0.509. The van der Waals surface area contributed by atoms with Crippen molar-refractivity contribution in [3.8, 4) is 0 Å². The van der Waals surface area contributed by atoms with E-state index in [-0.39, 0.29) is 0 Å². The number of amides is 3. The van der Waals surface area contributed by atoms with Gasteiger partial charge in [0.25, 0.3) is 0 Å². The molecule has 0 aromatic rings. The maximum Gasteiger partial charge on any atom is 0.318 e. The number of hydrogen-bond donors (Lipinski definition) is 3. The van der Waals surface area contributed by atoms with Crippen LogP contribution in [0.1, 0.15) is 39.0 Å². The van der Waals surface area contributed by atoms with Crippen LogP contribution in [0.2, 0.25) is 0 Å². The molecule has 0 aromatic carbocycles. The van der Waals surface area contributed by atoms with Gasteiger partial charge in [-0.3, -0.25) is 10.1 Å². The zero-order valence-corrected chi connectivity index (χ0v) is 10.9. The normalized spacial score (nSPS) is 18.3. The number of nitrogens with one attached hydrogen (secondary N) is 2. The van der Waals surface area contributed by atoms with E-state index in [9.17, 15) is 9.59 Å². The summed E-state index contributed by atoms with van der Waals surface area (Å²) in [5.41, 5.74) is 4.86. The molecule has 104 valence electrons. The Bertz CT molecular complexity index is 278. The van der Waals surface area contributed by atoms with E-state index in [4.69, 9.17) is 10.5 Å². The van der Waals surface area contributed by atoms with Crippen LogP contribution in [0.5, 0.6) is 0 Å². The maximum atomic E-state index is 11.3. The molecule has 4 N–H and O–H groups in total. The Hall–Kier alpha value is -1.14. The molecule has 1 unspecified atom stereocenters. The van der Waals surface area contributed by atoms with Gasteiger partial charge in [0.15, 0.2) is 0 Å². The smallest absolute Gasteiger partial charge is 0.318 e. The summed E-state index contributed by atoms with van der Waals surface area (Å²) < 4.78 is 5.71. The predicted molar refractivity (Wildman–Crippen MR) is 68.0 cm³/mol. The minimum atomic E-state index is -0.827. The van der Waals surface area contributed by atoms with E-state index in [1.807, 2.05) is 5.32 Å². The highest BCUT2D eigenvalue weighted by Gasteiger charge is 2.15. The van der Waals surface area contributed by atoms with Gasteiger partial charge in [-0.15, -0.1) is 0 Å². The largest absolute Gasteiger partial charge is 0.377 e. The summed E-state index contributed by atoms with van der Waals surface area (Å²) in [5.74, 6) is -0.417. The molecule has 0 bridgehead atoms. The van der Waals surface area contributed by atoms with Crippen LogP contribution >= 0.6 is 0 Å². The molecule has 1 aliphatic rings. The number of ether oxygens (including phenoxy) is 1. The average Bonchev–Trinajstić information content (AvgIpc) is 2.34. The fourth-order valence-electron chi connectivity index (χ4n) is 2.06. The SMILES string of the molecule is CC(NCCOC1CCCCC1)C(=O)NC(N)=O. The fraction of sp³-hybridized carbons (Fsp3) is 0.833. The molecule has 0 spiro atoms. The molecule has 1 rings (SSSR count). The van der Waals surface area contributed by atoms with Crippen molar-refractivity contribution >= 4 is 11.9 Å². The van der Waals surface area contributed by atoms with E-state index in [0.29, 0.717) is 19.3 Å². The average molecular weight is 257 g/mol. The Morgan fingerprint density at radius 2 is 2.00 bits per heavy atom. The summed E-state index contributed by atoms with van der Waals surface area (Å²) in [5, 5.41) is 5.01. The number of hydrogen-bond acceptors (Lipinski definition) is 4. The lowest BCUT2D eigenvalue weighted by Crippen LogP contribution is -2.47. The second-order valence-electron chi connectivity index (χ2n) is 4.66. The van der Waals surface area contributed by atoms with Crippen LogP contribution in [0.15, 0.2) is 0 Å². The number of nitrogens with two attached hydrogens (primary N) is 1. The van der Waals surface area contributed by atoms with Gasteiger partial charge < -0.3 is 15.8 Å². The third-order valence-corrected chi connectivity index (χ3v) is 3.10. The minimum absolute atomic E-state index is 0.371. The molecule has 6 nitrogen and oxygen atoms in total. The van der Waals surface area contributed by atoms with Gasteiger partial charge >= 0.3 is 6.03 Å². The molecule has 3 amide bonds. The number of rotatable bonds is 6. The first kappa shape index (κ1) is 14.9. The van der Waals surface area contributed by atoms with Crippen molar-refractivity contribution in [2.24, 2.45) is 5.73 Å². The summed E-state index contributed by atoms with van der Waals surface area (Å²) in [6, 6.07) is -1.28. The molecule has 6 heteroatoms. The van der Waals surface area contributed by atoms with Gasteiger partial charge in [0.2, 0.25) is 5.91 Å². The van der Waals surface area contributed by atoms with Crippen LogP contribution in [-0.4, -0.2) is 37.2 Å². The first-order valence-electron chi connectivity index (χ1n) is 6.55. The highest BCUT2D eigenvalue weighted by molar-refractivity contribution is 5.96. The van der Waals surface area contributed by atoms with Gasteiger partial charge in [-0.25, -0.2) is 4.79 Å². The van der Waals surface area contributed by atoms with Crippen LogP contribution in [-0.2, 0) is 9.53 Å². The molecule has 0 radical (unpaired) electrons. The lowest BCUT2D eigenvalue weighted by atomic mass is 9.98. The Morgan fingerprint density at radius 1 is 1.33 bits per heavy atom. The number of carbonyl (C=O) groups excluding carboxylic acids is 2. The van der Waals surface area contributed by atoms with Gasteiger partial charge in [-0.1, -0.05) is 19.3 Å². The minimum Gasteiger partial charge on any atom is -0.377 e. The lowest BCUT2D eigenvalue weighted by molar-refractivity contribution is -0.121. The van der Waals surface area contributed by atoms with E-state index in [2.05, 4.69) is 5.32 Å². The van der Waals surface area contributed by atoms with Gasteiger partial charge in [0.1, 0.15) is 0 Å². The number of primary amides is 1. The standard InChI is InChI=1S/C12H23N3O3/c1-9(11(16)15-12(13)17)14-7-8-18-10-5-3-2-4-6-10/h9-10,14H,2-8H2,1H3,(H3,13,15,16,17). The molecule has 1 saturated carbocycles. The third kappa shape index (κ3) is 5.97. The molecule has 0 heterocycles. The van der Waals surface area contributed by atoms with Crippen LogP contribution in [0.25, 0.3) is 0 Å². The highest BCUT2D eigenvalue weighted by atomic mass is 16.5. The van der Waals surface area contributed by atoms with Crippen molar-refractivity contribution < 1.29 is 14.3 Å². The number of carbonyl (C=O) groups is 2. The van der Waals surface area contributed by atoms with Crippen LogP contribution in [0.4, 0.5) is 4.79 Å². The van der Waals surface area contributed by atoms with Gasteiger partial charge in [0, 0.05) is 6.54 Å². The second-order valence-corrected chi connectivity index (χ2v) is 4.66. The second kappa shape index (κ2) is 8.05. The summed E-state index contributed by atoms with van der Waals surface area (Å²) in [4.78, 5) is 21.8. The first-order chi connectivity index (χ1) is 8.59. The summed E-state index contributed by atoms with van der Waals surface area (Å²) >= 11 is 0. The summed E-state index contributed by atoms with van der Waals surface area (Å²) in [6.45, 7) is 2.85. The Morgan fingerprint density at radius 3 is 2.61 bits per heavy atom. The molecule has 0 saturated heterocycles. The molecular formula is C12H23N3O3. The zero-order chi connectivity index (χ0) is 13.4. The molecule has 0 aromatic heterocycles. The van der Waals surface area contributed by atoms with E-state index in [1.165, 1.54) is 19.3 Å². The van der Waals surface area contributed by atoms with Crippen LogP contribution < -0.4 is 16.4 Å². The van der Waals surface area contributed by atoms with E-state index in [1.54, 1.807) is 6.92 Å². The summed E-state index contributed by atoms with van der Waals surface area (Å²) in [7, 11) is 0. The van der Waals surface area contributed by atoms with Crippen molar-refractivity contribution in [1.29, 1.82) is 0 Å². The van der Waals surface area contributed by atoms with Crippen molar-refractivity contribution in [2.75, 3.05) is 13.2 Å². The molecule has 1 atom stereocenters. The van der Waals surface area contributed by atoms with E-state index < -0.39 is 18.0 Å².